The number of urea groups is 1. The lowest BCUT2D eigenvalue weighted by Crippen LogP contribution is -2.30. The van der Waals surface area contributed by atoms with Gasteiger partial charge in [-0.25, -0.2) is 4.79 Å². The Labute approximate surface area is 170 Å². The molecule has 0 saturated heterocycles. The number of H-pyrrole nitrogens is 1. The summed E-state index contributed by atoms with van der Waals surface area (Å²) in [5, 5.41) is 12.6. The fraction of sp³-hybridized carbons (Fsp3) is 0.238. The van der Waals surface area contributed by atoms with Crippen LogP contribution in [-0.4, -0.2) is 43.5 Å². The summed E-state index contributed by atoms with van der Waals surface area (Å²) in [5.74, 6) is 0.755. The third-order valence-corrected chi connectivity index (χ3v) is 4.54. The molecule has 0 aliphatic heterocycles. The van der Waals surface area contributed by atoms with Gasteiger partial charge in [0.05, 0.1) is 24.7 Å². The number of carbonyl (C=O) groups is 1. The smallest absolute Gasteiger partial charge is 0.319 e. The van der Waals surface area contributed by atoms with E-state index in [0.717, 1.165) is 28.1 Å². The number of nitrogens with zero attached hydrogens (tertiary/aromatic N) is 2. The van der Waals surface area contributed by atoms with Crippen molar-refractivity contribution in [2.75, 3.05) is 37.5 Å². The molecule has 0 radical (unpaired) electrons. The molecule has 0 aliphatic rings. The number of nitrogens with one attached hydrogen (secondary N) is 3. The molecule has 2 amide bonds. The number of aromatic amines is 1. The van der Waals surface area contributed by atoms with Crippen molar-refractivity contribution in [1.29, 1.82) is 0 Å². The molecule has 8 nitrogen and oxygen atoms in total. The molecule has 3 aromatic rings. The first-order valence-electron chi connectivity index (χ1n) is 9.33. The second kappa shape index (κ2) is 9.61. The summed E-state index contributed by atoms with van der Waals surface area (Å²) in [6.45, 7) is 1.56. The maximum absolute atomic E-state index is 12.5. The van der Waals surface area contributed by atoms with Crippen LogP contribution in [0.15, 0.2) is 54.9 Å². The molecule has 0 bridgehead atoms. The van der Waals surface area contributed by atoms with E-state index in [-0.39, 0.29) is 6.03 Å². The third kappa shape index (κ3) is 5.26. The van der Waals surface area contributed by atoms with Gasteiger partial charge in [-0.05, 0) is 35.4 Å². The van der Waals surface area contributed by atoms with Gasteiger partial charge in [-0.15, -0.1) is 0 Å². The molecule has 0 atom stereocenters. The molecule has 0 fully saturated rings. The van der Waals surface area contributed by atoms with E-state index < -0.39 is 0 Å². The number of hydrogen-bond acceptors (Lipinski definition) is 5. The monoisotopic (exact) mass is 394 g/mol. The minimum Gasteiger partial charge on any atom is -0.497 e. The number of amides is 2. The Hall–Kier alpha value is -3.52. The highest BCUT2D eigenvalue weighted by Crippen LogP contribution is 2.31. The van der Waals surface area contributed by atoms with Gasteiger partial charge in [0.25, 0.3) is 0 Å². The molecule has 29 heavy (non-hydrogen) atoms. The van der Waals surface area contributed by atoms with E-state index in [1.54, 1.807) is 13.3 Å². The molecule has 1 heterocycles. The first-order valence-corrected chi connectivity index (χ1v) is 9.33. The topological polar surface area (TPSA) is 108 Å². The van der Waals surface area contributed by atoms with Crippen LogP contribution in [0.2, 0.25) is 0 Å². The number of nitrogens with two attached hydrogens (primary N) is 1. The summed E-state index contributed by atoms with van der Waals surface area (Å²) in [5.41, 5.74) is 10.2. The molecule has 0 saturated carbocycles. The highest BCUT2D eigenvalue weighted by molar-refractivity contribution is 5.94. The second-order valence-electron chi connectivity index (χ2n) is 6.59. The number of methoxy groups -OCH3 is 1. The standard InChI is InChI=1S/C21H26N6O2/c1-27(9-8-22)20-11-16(17-13-24-25-14-17)6-7-19(20)26-21(28)23-12-15-4-3-5-18(10-15)29-2/h3-7,10-11,13-14H,8-9,12,22H2,1-2H3,(H,24,25)(H2,23,26,28). The van der Waals surface area contributed by atoms with E-state index in [1.807, 2.05) is 60.6 Å². The van der Waals surface area contributed by atoms with Crippen molar-refractivity contribution in [2.24, 2.45) is 5.73 Å². The molecule has 152 valence electrons. The number of benzene rings is 2. The van der Waals surface area contributed by atoms with Gasteiger partial charge in [0.15, 0.2) is 0 Å². The molecule has 8 heteroatoms. The Morgan fingerprint density at radius 2 is 2.10 bits per heavy atom. The molecule has 3 rings (SSSR count). The largest absolute Gasteiger partial charge is 0.497 e. The van der Waals surface area contributed by atoms with E-state index in [4.69, 9.17) is 10.5 Å². The Morgan fingerprint density at radius 1 is 1.24 bits per heavy atom. The number of aromatic nitrogens is 2. The molecule has 1 aromatic heterocycles. The Kier molecular flexibility index (Phi) is 6.70. The summed E-state index contributed by atoms with van der Waals surface area (Å²) in [6.07, 6.45) is 3.59. The van der Waals surface area contributed by atoms with E-state index in [0.29, 0.717) is 25.3 Å². The maximum Gasteiger partial charge on any atom is 0.319 e. The number of ether oxygens (including phenoxy) is 1. The average molecular weight is 394 g/mol. The fourth-order valence-corrected chi connectivity index (χ4v) is 2.99. The van der Waals surface area contributed by atoms with Gasteiger partial charge in [-0.2, -0.15) is 5.10 Å². The molecule has 2 aromatic carbocycles. The van der Waals surface area contributed by atoms with Crippen molar-refractivity contribution in [1.82, 2.24) is 15.5 Å². The highest BCUT2D eigenvalue weighted by atomic mass is 16.5. The third-order valence-electron chi connectivity index (χ3n) is 4.54. The van der Waals surface area contributed by atoms with Gasteiger partial charge < -0.3 is 26.0 Å². The fourth-order valence-electron chi connectivity index (χ4n) is 2.99. The van der Waals surface area contributed by atoms with Crippen molar-refractivity contribution in [2.45, 2.75) is 6.54 Å². The number of carbonyl (C=O) groups excluding carboxylic acids is 1. The minimum absolute atomic E-state index is 0.286. The van der Waals surface area contributed by atoms with Crippen LogP contribution in [0.3, 0.4) is 0 Å². The van der Waals surface area contributed by atoms with Gasteiger partial charge in [-0.1, -0.05) is 18.2 Å². The average Bonchev–Trinajstić information content (AvgIpc) is 3.28. The number of anilines is 2. The molecule has 0 spiro atoms. The lowest BCUT2D eigenvalue weighted by atomic mass is 10.1. The van der Waals surface area contributed by atoms with E-state index >= 15 is 0 Å². The first kappa shape index (κ1) is 20.2. The number of likely N-dealkylation sites (N-methyl/N-ethyl adjacent to an activating group) is 1. The molecular weight excluding hydrogens is 368 g/mol. The summed E-state index contributed by atoms with van der Waals surface area (Å²) < 4.78 is 5.21. The second-order valence-corrected chi connectivity index (χ2v) is 6.59. The van der Waals surface area contributed by atoms with Crippen LogP contribution in [0, 0.1) is 0 Å². The Bertz CT molecular complexity index is 942. The van der Waals surface area contributed by atoms with E-state index in [9.17, 15) is 4.79 Å². The van der Waals surface area contributed by atoms with Gasteiger partial charge in [-0.3, -0.25) is 5.10 Å². The van der Waals surface area contributed by atoms with E-state index in [2.05, 4.69) is 20.8 Å². The van der Waals surface area contributed by atoms with Crippen molar-refractivity contribution in [3.05, 3.63) is 60.4 Å². The zero-order chi connectivity index (χ0) is 20.6. The summed E-state index contributed by atoms with van der Waals surface area (Å²) in [7, 11) is 3.56. The van der Waals surface area contributed by atoms with Crippen molar-refractivity contribution < 1.29 is 9.53 Å². The Morgan fingerprint density at radius 3 is 2.83 bits per heavy atom. The summed E-state index contributed by atoms with van der Waals surface area (Å²) >= 11 is 0. The highest BCUT2D eigenvalue weighted by Gasteiger charge is 2.12. The summed E-state index contributed by atoms with van der Waals surface area (Å²) in [4.78, 5) is 14.5. The molecular formula is C21H26N6O2. The van der Waals surface area contributed by atoms with Crippen LogP contribution in [0.4, 0.5) is 16.2 Å². The first-order chi connectivity index (χ1) is 14.1. The van der Waals surface area contributed by atoms with Crippen LogP contribution < -0.4 is 26.0 Å². The molecule has 0 unspecified atom stereocenters. The lowest BCUT2D eigenvalue weighted by Gasteiger charge is -2.23. The van der Waals surface area contributed by atoms with Gasteiger partial charge in [0, 0.05) is 38.4 Å². The minimum atomic E-state index is -0.286. The zero-order valence-corrected chi connectivity index (χ0v) is 16.6. The molecule has 5 N–H and O–H groups in total. The number of hydrogen-bond donors (Lipinski definition) is 4. The van der Waals surface area contributed by atoms with Crippen LogP contribution in [0.25, 0.3) is 11.1 Å². The predicted octanol–water partition coefficient (Wildman–Crippen LogP) is 2.80. The van der Waals surface area contributed by atoms with Gasteiger partial charge in [0.2, 0.25) is 0 Å². The summed E-state index contributed by atoms with van der Waals surface area (Å²) in [6, 6.07) is 13.1. The lowest BCUT2D eigenvalue weighted by molar-refractivity contribution is 0.251. The normalized spacial score (nSPS) is 10.4. The van der Waals surface area contributed by atoms with Crippen molar-refractivity contribution >= 4 is 17.4 Å². The molecule has 0 aliphatic carbocycles. The van der Waals surface area contributed by atoms with Gasteiger partial charge >= 0.3 is 6.03 Å². The maximum atomic E-state index is 12.5. The predicted molar refractivity (Wildman–Crippen MR) is 115 cm³/mol. The quantitative estimate of drug-likeness (QED) is 0.470. The van der Waals surface area contributed by atoms with Crippen LogP contribution >= 0.6 is 0 Å². The van der Waals surface area contributed by atoms with Gasteiger partial charge in [0.1, 0.15) is 5.75 Å². The van der Waals surface area contributed by atoms with Crippen LogP contribution in [0.5, 0.6) is 5.75 Å². The van der Waals surface area contributed by atoms with E-state index in [1.165, 1.54) is 0 Å². The number of rotatable bonds is 8. The van der Waals surface area contributed by atoms with Crippen molar-refractivity contribution in [3.8, 4) is 16.9 Å². The van der Waals surface area contributed by atoms with Crippen LogP contribution in [-0.2, 0) is 6.54 Å². The SMILES string of the molecule is COc1cccc(CNC(=O)Nc2ccc(-c3cn[nH]c3)cc2N(C)CCN)c1. The Balaban J connectivity index is 1.73. The van der Waals surface area contributed by atoms with Crippen molar-refractivity contribution in [3.63, 3.8) is 0 Å². The zero-order valence-electron chi connectivity index (χ0n) is 16.6. The van der Waals surface area contributed by atoms with Crippen LogP contribution in [0.1, 0.15) is 5.56 Å².